The van der Waals surface area contributed by atoms with Crippen LogP contribution in [-0.4, -0.2) is 31.6 Å². The van der Waals surface area contributed by atoms with E-state index in [0.717, 1.165) is 12.8 Å². The molecule has 5 heteroatoms. The van der Waals surface area contributed by atoms with E-state index in [2.05, 4.69) is 24.4 Å². The first-order chi connectivity index (χ1) is 13.2. The van der Waals surface area contributed by atoms with Gasteiger partial charge in [-0.3, -0.25) is 9.59 Å². The van der Waals surface area contributed by atoms with Gasteiger partial charge in [0, 0.05) is 6.54 Å². The molecule has 0 aromatic heterocycles. The van der Waals surface area contributed by atoms with E-state index in [1.165, 1.54) is 77.0 Å². The Balaban J connectivity index is 3.19. The molecule has 2 amide bonds. The van der Waals surface area contributed by atoms with Crippen LogP contribution < -0.4 is 11.1 Å². The van der Waals surface area contributed by atoms with Crippen molar-refractivity contribution in [2.75, 3.05) is 19.8 Å². The Morgan fingerprint density at radius 1 is 0.778 bits per heavy atom. The molecule has 3 N–H and O–H groups in total. The average Bonchev–Trinajstić information content (AvgIpc) is 2.64. The van der Waals surface area contributed by atoms with E-state index >= 15 is 0 Å². The topological polar surface area (TPSA) is 81.4 Å². The summed E-state index contributed by atoms with van der Waals surface area (Å²) >= 11 is 0. The lowest BCUT2D eigenvalue weighted by Crippen LogP contribution is -2.30. The van der Waals surface area contributed by atoms with Gasteiger partial charge in [-0.25, -0.2) is 0 Å². The summed E-state index contributed by atoms with van der Waals surface area (Å²) in [5.74, 6) is -0.750. The Labute approximate surface area is 166 Å². The highest BCUT2D eigenvalue weighted by Crippen LogP contribution is 2.09. The van der Waals surface area contributed by atoms with Crippen molar-refractivity contribution in [1.82, 2.24) is 5.32 Å². The molecule has 0 bridgehead atoms. The number of hydrogen-bond donors (Lipinski definition) is 2. The molecule has 0 saturated heterocycles. The van der Waals surface area contributed by atoms with Crippen molar-refractivity contribution in [3.05, 3.63) is 12.2 Å². The monoisotopic (exact) mass is 382 g/mol. The van der Waals surface area contributed by atoms with E-state index in [-0.39, 0.29) is 19.1 Å². The highest BCUT2D eigenvalue weighted by molar-refractivity contribution is 5.78. The van der Waals surface area contributed by atoms with Crippen molar-refractivity contribution in [3.63, 3.8) is 0 Å². The largest absolute Gasteiger partial charge is 0.368 e. The van der Waals surface area contributed by atoms with Crippen LogP contribution in [0, 0.1) is 0 Å². The minimum absolute atomic E-state index is 0.102. The van der Waals surface area contributed by atoms with Crippen LogP contribution >= 0.6 is 0 Å². The van der Waals surface area contributed by atoms with Gasteiger partial charge in [-0.1, -0.05) is 76.9 Å². The molecule has 0 rings (SSSR count). The third-order valence-electron chi connectivity index (χ3n) is 4.49. The van der Waals surface area contributed by atoms with Crippen molar-refractivity contribution in [2.24, 2.45) is 5.73 Å². The molecule has 158 valence electrons. The van der Waals surface area contributed by atoms with Gasteiger partial charge in [-0.2, -0.15) is 0 Å². The molecule has 0 radical (unpaired) electrons. The first-order valence-electron chi connectivity index (χ1n) is 10.9. The Kier molecular flexibility index (Phi) is 19.9. The lowest BCUT2D eigenvalue weighted by Gasteiger charge is -2.05. The van der Waals surface area contributed by atoms with Crippen LogP contribution in [0.4, 0.5) is 0 Å². The molecule has 0 saturated carbocycles. The zero-order chi connectivity index (χ0) is 20.0. The molecule has 0 atom stereocenters. The van der Waals surface area contributed by atoms with Crippen LogP contribution in [0.5, 0.6) is 0 Å². The SMILES string of the molecule is CCCCCCCC/C=C\CCCCCCCCNC(=O)COCC(N)=O. The van der Waals surface area contributed by atoms with Crippen LogP contribution in [0.25, 0.3) is 0 Å². The molecule has 0 heterocycles. The molecule has 0 fully saturated rings. The fourth-order valence-electron chi connectivity index (χ4n) is 2.90. The van der Waals surface area contributed by atoms with Gasteiger partial charge in [0.2, 0.25) is 11.8 Å². The number of hydrogen-bond acceptors (Lipinski definition) is 3. The second-order valence-corrected chi connectivity index (χ2v) is 7.25. The van der Waals surface area contributed by atoms with Crippen molar-refractivity contribution in [1.29, 1.82) is 0 Å². The summed E-state index contributed by atoms with van der Waals surface area (Å²) in [5.41, 5.74) is 4.92. The highest BCUT2D eigenvalue weighted by atomic mass is 16.5. The molecule has 0 aromatic carbocycles. The fourth-order valence-corrected chi connectivity index (χ4v) is 2.90. The predicted octanol–water partition coefficient (Wildman–Crippen LogP) is 4.64. The Hall–Kier alpha value is -1.36. The van der Waals surface area contributed by atoms with Crippen molar-refractivity contribution in [3.8, 4) is 0 Å². The molecule has 0 unspecified atom stereocenters. The zero-order valence-electron chi connectivity index (χ0n) is 17.5. The second kappa shape index (κ2) is 20.9. The predicted molar refractivity (Wildman–Crippen MR) is 112 cm³/mol. The van der Waals surface area contributed by atoms with Crippen LogP contribution in [0.2, 0.25) is 0 Å². The van der Waals surface area contributed by atoms with E-state index in [1.807, 2.05) is 0 Å². The summed E-state index contributed by atoms with van der Waals surface area (Å²) < 4.78 is 4.85. The Morgan fingerprint density at radius 2 is 1.30 bits per heavy atom. The minimum Gasteiger partial charge on any atom is -0.368 e. The molecule has 0 aliphatic heterocycles. The van der Waals surface area contributed by atoms with Crippen LogP contribution in [0.3, 0.4) is 0 Å². The third-order valence-corrected chi connectivity index (χ3v) is 4.49. The first kappa shape index (κ1) is 25.6. The molecule has 0 aliphatic carbocycles. The van der Waals surface area contributed by atoms with Gasteiger partial charge < -0.3 is 15.8 Å². The second-order valence-electron chi connectivity index (χ2n) is 7.25. The van der Waals surface area contributed by atoms with Gasteiger partial charge >= 0.3 is 0 Å². The average molecular weight is 383 g/mol. The normalized spacial score (nSPS) is 11.1. The number of nitrogens with one attached hydrogen (secondary N) is 1. The summed E-state index contributed by atoms with van der Waals surface area (Å²) in [6.45, 7) is 2.62. The number of carbonyl (C=O) groups is 2. The van der Waals surface area contributed by atoms with E-state index < -0.39 is 5.91 Å². The van der Waals surface area contributed by atoms with Crippen LogP contribution in [-0.2, 0) is 14.3 Å². The van der Waals surface area contributed by atoms with Crippen molar-refractivity contribution in [2.45, 2.75) is 96.8 Å². The van der Waals surface area contributed by atoms with E-state index in [4.69, 9.17) is 10.5 Å². The number of nitrogens with two attached hydrogens (primary N) is 1. The number of rotatable bonds is 20. The van der Waals surface area contributed by atoms with E-state index in [0.29, 0.717) is 6.54 Å². The Bertz CT molecular complexity index is 384. The van der Waals surface area contributed by atoms with Crippen LogP contribution in [0.1, 0.15) is 96.8 Å². The lowest BCUT2D eigenvalue weighted by atomic mass is 10.1. The molecule has 0 spiro atoms. The van der Waals surface area contributed by atoms with E-state index in [9.17, 15) is 9.59 Å². The smallest absolute Gasteiger partial charge is 0.246 e. The quantitative estimate of drug-likeness (QED) is 0.238. The van der Waals surface area contributed by atoms with Gasteiger partial charge in [0.1, 0.15) is 13.2 Å². The standard InChI is InChI=1S/C22H42N2O3/c1-2-3-4-5-6-7-8-9-10-11-12-13-14-15-16-17-18-24-22(26)20-27-19-21(23)25/h9-10H,2-8,11-20H2,1H3,(H2,23,25)(H,24,26)/b10-9-. The van der Waals surface area contributed by atoms with E-state index in [1.54, 1.807) is 0 Å². The van der Waals surface area contributed by atoms with Crippen molar-refractivity contribution >= 4 is 11.8 Å². The number of ether oxygens (including phenoxy) is 1. The highest BCUT2D eigenvalue weighted by Gasteiger charge is 2.01. The maximum Gasteiger partial charge on any atom is 0.246 e. The van der Waals surface area contributed by atoms with Gasteiger partial charge in [-0.05, 0) is 32.1 Å². The zero-order valence-corrected chi connectivity index (χ0v) is 17.5. The number of unbranched alkanes of at least 4 members (excludes halogenated alkanes) is 12. The van der Waals surface area contributed by atoms with Gasteiger partial charge in [-0.15, -0.1) is 0 Å². The molecular formula is C22H42N2O3. The molecular weight excluding hydrogens is 340 g/mol. The molecule has 27 heavy (non-hydrogen) atoms. The molecule has 0 aliphatic rings. The first-order valence-corrected chi connectivity index (χ1v) is 10.9. The molecule has 5 nitrogen and oxygen atoms in total. The lowest BCUT2D eigenvalue weighted by molar-refractivity contribution is -0.129. The third kappa shape index (κ3) is 22.6. The van der Waals surface area contributed by atoms with Crippen LogP contribution in [0.15, 0.2) is 12.2 Å². The Morgan fingerprint density at radius 3 is 1.85 bits per heavy atom. The minimum atomic E-state index is -0.559. The number of carbonyl (C=O) groups excluding carboxylic acids is 2. The summed E-state index contributed by atoms with van der Waals surface area (Å²) in [6, 6.07) is 0. The number of amides is 2. The summed E-state index contributed by atoms with van der Waals surface area (Å²) in [4.78, 5) is 21.9. The van der Waals surface area contributed by atoms with Gasteiger partial charge in [0.05, 0.1) is 0 Å². The summed E-state index contributed by atoms with van der Waals surface area (Å²) in [5, 5.41) is 2.78. The molecule has 0 aromatic rings. The number of primary amides is 1. The fraction of sp³-hybridized carbons (Fsp3) is 0.818. The number of allylic oxidation sites excluding steroid dienone is 2. The summed E-state index contributed by atoms with van der Waals surface area (Å²) in [6.07, 6.45) is 22.6. The van der Waals surface area contributed by atoms with Gasteiger partial charge in [0.15, 0.2) is 0 Å². The maximum atomic E-state index is 11.4. The van der Waals surface area contributed by atoms with Crippen molar-refractivity contribution < 1.29 is 14.3 Å². The summed E-state index contributed by atoms with van der Waals surface area (Å²) in [7, 11) is 0. The van der Waals surface area contributed by atoms with Gasteiger partial charge in [0.25, 0.3) is 0 Å². The maximum absolute atomic E-state index is 11.4.